The predicted octanol–water partition coefficient (Wildman–Crippen LogP) is 2.89. The molecule has 1 saturated heterocycles. The van der Waals surface area contributed by atoms with Crippen LogP contribution in [-0.4, -0.2) is 54.7 Å². The fraction of sp³-hybridized carbons (Fsp3) is 0.450. The van der Waals surface area contributed by atoms with E-state index in [0.29, 0.717) is 38.2 Å². The van der Waals surface area contributed by atoms with Gasteiger partial charge in [-0.3, -0.25) is 10.1 Å². The molecular weight excluding hydrogens is 413 g/mol. The first-order chi connectivity index (χ1) is 14.6. The lowest BCUT2D eigenvalue weighted by atomic mass is 10.0. The van der Waals surface area contributed by atoms with Crippen LogP contribution in [0.25, 0.3) is 0 Å². The quantitative estimate of drug-likeness (QED) is 0.337. The Kier molecular flexibility index (Phi) is 8.26. The van der Waals surface area contributed by atoms with Gasteiger partial charge in [0.05, 0.1) is 25.5 Å². The number of carbonyl (C=O) groups excluding carboxylic acids is 1. The van der Waals surface area contributed by atoms with Gasteiger partial charge in [0.1, 0.15) is 0 Å². The third-order valence-corrected chi connectivity index (χ3v) is 5.19. The van der Waals surface area contributed by atoms with Crippen molar-refractivity contribution >= 4 is 28.1 Å². The number of aromatic nitrogens is 1. The van der Waals surface area contributed by atoms with Crippen molar-refractivity contribution in [3.8, 4) is 0 Å². The van der Waals surface area contributed by atoms with E-state index in [4.69, 9.17) is 14.3 Å². The van der Waals surface area contributed by atoms with Crippen LogP contribution in [0.2, 0.25) is 0 Å². The van der Waals surface area contributed by atoms with Crippen LogP contribution in [0.3, 0.4) is 0 Å². The summed E-state index contributed by atoms with van der Waals surface area (Å²) in [7, 11) is 1.62. The molecule has 2 aromatic rings. The van der Waals surface area contributed by atoms with Gasteiger partial charge >= 0.3 is 0 Å². The molecule has 3 rings (SSSR count). The number of anilines is 1. The molecule has 10 heteroatoms. The number of aliphatic hydroxyl groups is 1. The number of rotatable bonds is 10. The van der Waals surface area contributed by atoms with Crippen molar-refractivity contribution in [2.45, 2.75) is 31.5 Å². The molecule has 1 aliphatic heterocycles. The molecular formula is C20H24FN3O5S. The number of benzene rings is 1. The summed E-state index contributed by atoms with van der Waals surface area (Å²) >= 11 is 0.719. The second-order valence-corrected chi connectivity index (χ2v) is 7.71. The molecule has 2 atom stereocenters. The van der Waals surface area contributed by atoms with Gasteiger partial charge in [-0.05, 0) is 18.4 Å². The van der Waals surface area contributed by atoms with Gasteiger partial charge in [0.15, 0.2) is 22.1 Å². The van der Waals surface area contributed by atoms with Crippen molar-refractivity contribution in [1.82, 2.24) is 4.98 Å². The highest BCUT2D eigenvalue weighted by Crippen LogP contribution is 2.21. The minimum atomic E-state index is -0.631. The van der Waals surface area contributed by atoms with Crippen LogP contribution in [0.4, 0.5) is 9.52 Å². The summed E-state index contributed by atoms with van der Waals surface area (Å²) in [5.74, 6) is -0.573. The molecule has 2 heterocycles. The number of ether oxygens (including phenoxy) is 2. The van der Waals surface area contributed by atoms with Crippen LogP contribution >= 0.6 is 11.3 Å². The first-order valence-electron chi connectivity index (χ1n) is 9.58. The second-order valence-electron chi connectivity index (χ2n) is 6.73. The summed E-state index contributed by atoms with van der Waals surface area (Å²) in [5, 5.41) is 16.5. The first-order valence-corrected chi connectivity index (χ1v) is 10.4. The highest BCUT2D eigenvalue weighted by atomic mass is 32.1. The smallest absolute Gasteiger partial charge is 0.280 e. The van der Waals surface area contributed by atoms with E-state index in [1.807, 2.05) is 0 Å². The van der Waals surface area contributed by atoms with Crippen molar-refractivity contribution in [3.63, 3.8) is 0 Å². The molecule has 8 nitrogen and oxygen atoms in total. The molecule has 1 unspecified atom stereocenters. The largest absolute Gasteiger partial charge is 0.389 e. The van der Waals surface area contributed by atoms with E-state index in [9.17, 15) is 14.3 Å². The Morgan fingerprint density at radius 3 is 2.90 bits per heavy atom. The predicted molar refractivity (Wildman–Crippen MR) is 110 cm³/mol. The van der Waals surface area contributed by atoms with Crippen molar-refractivity contribution in [3.05, 3.63) is 46.7 Å². The van der Waals surface area contributed by atoms with E-state index < -0.39 is 17.1 Å². The van der Waals surface area contributed by atoms with Gasteiger partial charge in [-0.1, -0.05) is 40.8 Å². The molecule has 1 aromatic carbocycles. The molecule has 30 heavy (non-hydrogen) atoms. The number of thiazole rings is 1. The monoisotopic (exact) mass is 437 g/mol. The molecule has 0 bridgehead atoms. The highest BCUT2D eigenvalue weighted by molar-refractivity contribution is 7.14. The average molecular weight is 437 g/mol. The lowest BCUT2D eigenvalue weighted by molar-refractivity contribution is -0.110. The maximum atomic E-state index is 13.2. The summed E-state index contributed by atoms with van der Waals surface area (Å²) < 4.78 is 23.4. The number of carbonyl (C=O) groups is 1. The van der Waals surface area contributed by atoms with Crippen LogP contribution in [0.15, 0.2) is 35.6 Å². The van der Waals surface area contributed by atoms with Crippen LogP contribution in [0.5, 0.6) is 0 Å². The van der Waals surface area contributed by atoms with E-state index in [1.165, 1.54) is 0 Å². The molecule has 1 amide bonds. The number of halogens is 1. The Morgan fingerprint density at radius 2 is 2.27 bits per heavy atom. The topological polar surface area (TPSA) is 102 Å². The second kappa shape index (κ2) is 11.1. The molecule has 1 fully saturated rings. The maximum absolute atomic E-state index is 13.2. The first kappa shape index (κ1) is 22.3. The zero-order chi connectivity index (χ0) is 21.3. The Hall–Kier alpha value is -2.40. The van der Waals surface area contributed by atoms with E-state index in [2.05, 4.69) is 15.5 Å². The molecule has 0 spiro atoms. The van der Waals surface area contributed by atoms with E-state index in [0.717, 1.165) is 29.5 Å². The summed E-state index contributed by atoms with van der Waals surface area (Å²) in [6, 6.07) is 6.84. The molecule has 1 aliphatic rings. The number of hydrogen-bond donors (Lipinski definition) is 2. The fourth-order valence-corrected chi connectivity index (χ4v) is 3.41. The van der Waals surface area contributed by atoms with Crippen molar-refractivity contribution in [2.24, 2.45) is 5.16 Å². The number of aliphatic hydroxyl groups excluding tert-OH is 1. The Bertz CT molecular complexity index is 852. The maximum Gasteiger partial charge on any atom is 0.280 e. The van der Waals surface area contributed by atoms with Gasteiger partial charge in [0, 0.05) is 25.7 Å². The molecule has 0 radical (unpaired) electrons. The summed E-state index contributed by atoms with van der Waals surface area (Å²) in [6.45, 7) is 1.56. The fourth-order valence-electron chi connectivity index (χ4n) is 2.87. The molecule has 2 N–H and O–H groups in total. The number of nitrogens with zero attached hydrogens (tertiary/aromatic N) is 2. The number of oxime groups is 1. The Labute approximate surface area is 177 Å². The Balaban J connectivity index is 1.74. The van der Waals surface area contributed by atoms with Gasteiger partial charge in [0.2, 0.25) is 0 Å². The normalized spacial score (nSPS) is 17.7. The van der Waals surface area contributed by atoms with Crippen molar-refractivity contribution < 1.29 is 28.6 Å². The summed E-state index contributed by atoms with van der Waals surface area (Å²) in [5.41, 5.74) is 1.25. The molecule has 1 aromatic heterocycles. The van der Waals surface area contributed by atoms with E-state index in [-0.39, 0.29) is 16.9 Å². The number of hydrogen-bond acceptors (Lipinski definition) is 8. The van der Waals surface area contributed by atoms with Crippen LogP contribution in [-0.2, 0) is 19.1 Å². The molecule has 162 valence electrons. The number of methoxy groups -OCH3 is 1. The lowest BCUT2D eigenvalue weighted by Crippen LogP contribution is -2.25. The minimum absolute atomic E-state index is 0.0259. The third-order valence-electron chi connectivity index (χ3n) is 4.49. The van der Waals surface area contributed by atoms with Gasteiger partial charge in [-0.25, -0.2) is 4.98 Å². The highest BCUT2D eigenvalue weighted by Gasteiger charge is 2.21. The Morgan fingerprint density at radius 1 is 1.47 bits per heavy atom. The third kappa shape index (κ3) is 6.30. The average Bonchev–Trinajstić information content (AvgIpc) is 3.40. The molecule has 0 aliphatic carbocycles. The summed E-state index contributed by atoms with van der Waals surface area (Å²) in [6.07, 6.45) is 2.15. The zero-order valence-electron chi connectivity index (χ0n) is 16.5. The van der Waals surface area contributed by atoms with Gasteiger partial charge in [-0.15, -0.1) is 0 Å². The van der Waals surface area contributed by atoms with Gasteiger partial charge < -0.3 is 19.4 Å². The van der Waals surface area contributed by atoms with Gasteiger partial charge in [-0.2, -0.15) is 4.39 Å². The summed E-state index contributed by atoms with van der Waals surface area (Å²) in [4.78, 5) is 22.0. The molecule has 0 saturated carbocycles. The van der Waals surface area contributed by atoms with Gasteiger partial charge in [0.25, 0.3) is 5.91 Å². The van der Waals surface area contributed by atoms with E-state index >= 15 is 0 Å². The van der Waals surface area contributed by atoms with Crippen LogP contribution in [0, 0.1) is 5.13 Å². The number of amides is 1. The van der Waals surface area contributed by atoms with Crippen molar-refractivity contribution in [2.75, 3.05) is 32.2 Å². The lowest BCUT2D eigenvalue weighted by Gasteiger charge is -2.13. The van der Waals surface area contributed by atoms with Crippen LogP contribution < -0.4 is 5.32 Å². The number of nitrogens with one attached hydrogen (secondary N) is 1. The standard InChI is InChI=1S/C20H24FN3O5S/c1-27-9-2-3-16(25)13-4-6-14(7-5-13)18(24-29-15-8-10-28-12-15)19(26)23-20-22-11-17(21)30-20/h4-7,11,15-16,25H,2-3,8-10,12H2,1H3,(H,22,23,26)/b24-18-/t15-,16?/m1/s1. The van der Waals surface area contributed by atoms with Crippen LogP contribution in [0.1, 0.15) is 36.5 Å². The SMILES string of the molecule is COCCCC(O)c1ccc(/C(=N/O[C@@H]2CCOC2)C(=O)Nc2ncc(F)s2)cc1. The minimum Gasteiger partial charge on any atom is -0.389 e. The zero-order valence-corrected chi connectivity index (χ0v) is 17.4. The van der Waals surface area contributed by atoms with E-state index in [1.54, 1.807) is 31.4 Å². The van der Waals surface area contributed by atoms with Crippen molar-refractivity contribution in [1.29, 1.82) is 0 Å².